The third kappa shape index (κ3) is 3.80. The highest BCUT2D eigenvalue weighted by molar-refractivity contribution is 7.99. The van der Waals surface area contributed by atoms with Gasteiger partial charge in [0.15, 0.2) is 0 Å². The highest BCUT2D eigenvalue weighted by Gasteiger charge is 2.15. The van der Waals surface area contributed by atoms with E-state index in [2.05, 4.69) is 46.5 Å². The fourth-order valence-electron chi connectivity index (χ4n) is 2.05. The van der Waals surface area contributed by atoms with Crippen molar-refractivity contribution in [1.29, 1.82) is 0 Å². The quantitative estimate of drug-likeness (QED) is 0.756. The summed E-state index contributed by atoms with van der Waals surface area (Å²) < 4.78 is 0. The molecule has 5 nitrogen and oxygen atoms in total. The first-order valence-electron chi connectivity index (χ1n) is 7.34. The number of benzene rings is 1. The van der Waals surface area contributed by atoms with Gasteiger partial charge in [0.2, 0.25) is 5.13 Å². The molecule has 0 spiro atoms. The van der Waals surface area contributed by atoms with Crippen LogP contribution in [0.2, 0.25) is 0 Å². The maximum absolute atomic E-state index is 12.5. The molecule has 0 unspecified atom stereocenters. The molecule has 122 valence electrons. The molecule has 2 heterocycles. The number of aromatic nitrogens is 3. The molecule has 1 amide bonds. The summed E-state index contributed by atoms with van der Waals surface area (Å²) in [5.74, 6) is -0.231. The van der Waals surface area contributed by atoms with Crippen LogP contribution in [0, 0.1) is 20.8 Å². The molecule has 7 heteroatoms. The van der Waals surface area contributed by atoms with Crippen LogP contribution >= 0.6 is 23.1 Å². The molecule has 1 N–H and O–H groups in total. The summed E-state index contributed by atoms with van der Waals surface area (Å²) in [5, 5.41) is 12.6. The first-order valence-corrected chi connectivity index (χ1v) is 8.98. The van der Waals surface area contributed by atoms with Gasteiger partial charge in [0.1, 0.15) is 10.0 Å². The number of hydrogen-bond acceptors (Lipinski definition) is 6. The number of carbonyl (C=O) groups is 1. The molecule has 0 aliphatic rings. The molecule has 24 heavy (non-hydrogen) atoms. The van der Waals surface area contributed by atoms with Gasteiger partial charge in [-0.25, -0.2) is 4.98 Å². The van der Waals surface area contributed by atoms with E-state index in [0.29, 0.717) is 15.7 Å². The SMILES string of the molecule is Cc1nnc(NC(=O)c2cccnc2Sc2ccc(C)c(C)c2)s1. The van der Waals surface area contributed by atoms with Gasteiger partial charge < -0.3 is 0 Å². The van der Waals surface area contributed by atoms with Gasteiger partial charge in [0, 0.05) is 11.1 Å². The number of rotatable bonds is 4. The number of amides is 1. The monoisotopic (exact) mass is 356 g/mol. The van der Waals surface area contributed by atoms with Crippen molar-refractivity contribution in [1.82, 2.24) is 15.2 Å². The van der Waals surface area contributed by atoms with Crippen LogP contribution in [0.3, 0.4) is 0 Å². The van der Waals surface area contributed by atoms with Crippen LogP contribution in [-0.4, -0.2) is 21.1 Å². The minimum atomic E-state index is -0.231. The van der Waals surface area contributed by atoms with Gasteiger partial charge in [-0.3, -0.25) is 10.1 Å². The molecule has 1 aromatic carbocycles. The number of nitrogens with zero attached hydrogens (tertiary/aromatic N) is 3. The van der Waals surface area contributed by atoms with Crippen molar-refractivity contribution in [2.75, 3.05) is 5.32 Å². The Balaban J connectivity index is 1.84. The van der Waals surface area contributed by atoms with Crippen molar-refractivity contribution >= 4 is 34.1 Å². The largest absolute Gasteiger partial charge is 0.296 e. The third-order valence-corrected chi connectivity index (χ3v) is 5.22. The molecule has 0 saturated heterocycles. The Morgan fingerprint density at radius 1 is 1.12 bits per heavy atom. The molecule has 0 bridgehead atoms. The van der Waals surface area contributed by atoms with Gasteiger partial charge >= 0.3 is 0 Å². The number of pyridine rings is 1. The predicted octanol–water partition coefficient (Wildman–Crippen LogP) is 4.26. The Morgan fingerprint density at radius 2 is 1.96 bits per heavy atom. The summed E-state index contributed by atoms with van der Waals surface area (Å²) in [5.41, 5.74) is 2.98. The van der Waals surface area contributed by atoms with E-state index in [0.717, 1.165) is 9.90 Å². The normalized spacial score (nSPS) is 10.6. The minimum Gasteiger partial charge on any atom is -0.296 e. The molecular formula is C17H16N4OS2. The molecule has 0 saturated carbocycles. The zero-order valence-corrected chi connectivity index (χ0v) is 15.2. The van der Waals surface area contributed by atoms with Crippen molar-refractivity contribution < 1.29 is 4.79 Å². The lowest BCUT2D eigenvalue weighted by molar-refractivity contribution is 0.102. The van der Waals surface area contributed by atoms with Crippen LogP contribution in [0.25, 0.3) is 0 Å². The molecule has 0 fully saturated rings. The van der Waals surface area contributed by atoms with Crippen molar-refractivity contribution in [2.45, 2.75) is 30.7 Å². The smallest absolute Gasteiger partial charge is 0.260 e. The van der Waals surface area contributed by atoms with Crippen LogP contribution in [0.5, 0.6) is 0 Å². The molecule has 3 aromatic rings. The Morgan fingerprint density at radius 3 is 2.67 bits per heavy atom. The van der Waals surface area contributed by atoms with Gasteiger partial charge in [0.25, 0.3) is 5.91 Å². The first kappa shape index (κ1) is 16.6. The van der Waals surface area contributed by atoms with Crippen LogP contribution < -0.4 is 5.32 Å². The van der Waals surface area contributed by atoms with Gasteiger partial charge in [-0.2, -0.15) is 0 Å². The van der Waals surface area contributed by atoms with Crippen molar-refractivity contribution in [3.63, 3.8) is 0 Å². The zero-order chi connectivity index (χ0) is 17.1. The Kier molecular flexibility index (Phi) is 4.92. The highest BCUT2D eigenvalue weighted by atomic mass is 32.2. The molecule has 0 radical (unpaired) electrons. The molecule has 0 aliphatic carbocycles. The zero-order valence-electron chi connectivity index (χ0n) is 13.5. The number of hydrogen-bond donors (Lipinski definition) is 1. The summed E-state index contributed by atoms with van der Waals surface area (Å²) in [6, 6.07) is 9.73. The summed E-state index contributed by atoms with van der Waals surface area (Å²) in [6.45, 7) is 6.00. The van der Waals surface area contributed by atoms with Gasteiger partial charge in [0.05, 0.1) is 5.56 Å². The molecule has 3 rings (SSSR count). The van der Waals surface area contributed by atoms with Crippen molar-refractivity contribution in [3.05, 3.63) is 58.2 Å². The maximum atomic E-state index is 12.5. The second-order valence-electron chi connectivity index (χ2n) is 5.28. The van der Waals surface area contributed by atoms with E-state index >= 15 is 0 Å². The van der Waals surface area contributed by atoms with E-state index in [1.54, 1.807) is 18.3 Å². The number of anilines is 1. The third-order valence-electron chi connectivity index (χ3n) is 3.46. The van der Waals surface area contributed by atoms with Crippen molar-refractivity contribution in [3.8, 4) is 0 Å². The average molecular weight is 356 g/mol. The molecular weight excluding hydrogens is 340 g/mol. The van der Waals surface area contributed by atoms with Gasteiger partial charge in [-0.05, 0) is 56.2 Å². The summed E-state index contributed by atoms with van der Waals surface area (Å²) in [6.07, 6.45) is 1.69. The highest BCUT2D eigenvalue weighted by Crippen LogP contribution is 2.30. The maximum Gasteiger partial charge on any atom is 0.260 e. The minimum absolute atomic E-state index is 0.231. The fourth-order valence-corrected chi connectivity index (χ4v) is 3.61. The average Bonchev–Trinajstić information content (AvgIpc) is 2.96. The Bertz CT molecular complexity index is 892. The standard InChI is InChI=1S/C17H16N4OS2/c1-10-6-7-13(9-11(10)2)24-16-14(5-4-8-18-16)15(22)19-17-21-20-12(3)23-17/h4-9H,1-3H3,(H,19,21,22). The van der Waals surface area contributed by atoms with Crippen LogP contribution in [0.15, 0.2) is 46.5 Å². The van der Waals surface area contributed by atoms with Crippen LogP contribution in [-0.2, 0) is 0 Å². The summed E-state index contributed by atoms with van der Waals surface area (Å²) in [4.78, 5) is 17.9. The number of nitrogens with one attached hydrogen (secondary N) is 1. The molecule has 0 aliphatic heterocycles. The number of aryl methyl sites for hydroxylation is 3. The van der Waals surface area contributed by atoms with E-state index in [1.165, 1.54) is 34.2 Å². The molecule has 0 atom stereocenters. The van der Waals surface area contributed by atoms with E-state index in [9.17, 15) is 4.79 Å². The van der Waals surface area contributed by atoms with Gasteiger partial charge in [-0.15, -0.1) is 10.2 Å². The summed E-state index contributed by atoms with van der Waals surface area (Å²) >= 11 is 2.82. The lowest BCUT2D eigenvalue weighted by Gasteiger charge is -2.08. The van der Waals surface area contributed by atoms with Crippen molar-refractivity contribution in [2.24, 2.45) is 0 Å². The Hall–Kier alpha value is -2.25. The number of carbonyl (C=O) groups excluding carboxylic acids is 1. The van der Waals surface area contributed by atoms with Crippen LogP contribution in [0.4, 0.5) is 5.13 Å². The second-order valence-corrected chi connectivity index (χ2v) is 7.53. The fraction of sp³-hybridized carbons (Fsp3) is 0.176. The van der Waals surface area contributed by atoms with E-state index in [-0.39, 0.29) is 5.91 Å². The lowest BCUT2D eigenvalue weighted by atomic mass is 10.1. The first-order chi connectivity index (χ1) is 11.5. The summed E-state index contributed by atoms with van der Waals surface area (Å²) in [7, 11) is 0. The van der Waals surface area contributed by atoms with E-state index in [1.807, 2.05) is 13.0 Å². The lowest BCUT2D eigenvalue weighted by Crippen LogP contribution is -2.13. The van der Waals surface area contributed by atoms with Crippen LogP contribution in [0.1, 0.15) is 26.5 Å². The predicted molar refractivity (Wildman–Crippen MR) is 96.9 cm³/mol. The second kappa shape index (κ2) is 7.11. The van der Waals surface area contributed by atoms with Gasteiger partial charge in [-0.1, -0.05) is 29.2 Å². The van der Waals surface area contributed by atoms with E-state index in [4.69, 9.17) is 0 Å². The Labute approximate surface area is 148 Å². The molecule has 2 aromatic heterocycles. The topological polar surface area (TPSA) is 67.8 Å². The van der Waals surface area contributed by atoms with E-state index < -0.39 is 0 Å².